The number of piperidine rings is 1. The molecule has 2 N–H and O–H groups in total. The van der Waals surface area contributed by atoms with Crippen molar-refractivity contribution in [3.05, 3.63) is 59.4 Å². The van der Waals surface area contributed by atoms with Crippen molar-refractivity contribution in [2.45, 2.75) is 61.0 Å². The number of anilines is 1. The maximum Gasteiger partial charge on any atom is 0.430 e. The number of amides is 1. The maximum atomic E-state index is 13.8. The molecule has 1 saturated heterocycles. The summed E-state index contributed by atoms with van der Waals surface area (Å²) in [7, 11) is -4.58. The first-order valence-electron chi connectivity index (χ1n) is 12.7. The van der Waals surface area contributed by atoms with Gasteiger partial charge in [0.05, 0.1) is 16.6 Å². The van der Waals surface area contributed by atoms with E-state index in [0.717, 1.165) is 34.6 Å². The van der Waals surface area contributed by atoms with Gasteiger partial charge in [0.25, 0.3) is 15.6 Å². The number of nitrogens with zero attached hydrogens (tertiary/aromatic N) is 2. The zero-order valence-corrected chi connectivity index (χ0v) is 22.2. The van der Waals surface area contributed by atoms with Crippen molar-refractivity contribution in [2.75, 3.05) is 24.0 Å². The van der Waals surface area contributed by atoms with Gasteiger partial charge in [0, 0.05) is 31.7 Å². The number of hydrogen-bond donors (Lipinski definition) is 2. The highest BCUT2D eigenvalue weighted by atomic mass is 32.2. The Morgan fingerprint density at radius 1 is 0.927 bits per heavy atom. The first-order chi connectivity index (χ1) is 19.0. The molecule has 2 heterocycles. The van der Waals surface area contributed by atoms with Crippen LogP contribution in [0.4, 0.5) is 36.4 Å². The first kappa shape index (κ1) is 31.0. The summed E-state index contributed by atoms with van der Waals surface area (Å²) >= 11 is 0. The van der Waals surface area contributed by atoms with Gasteiger partial charge in [-0.15, -0.1) is 0 Å². The summed E-state index contributed by atoms with van der Waals surface area (Å²) in [5.41, 5.74) is -7.21. The molecule has 0 spiro atoms. The Kier molecular flexibility index (Phi) is 8.37. The number of carbonyl (C=O) groups is 1. The van der Waals surface area contributed by atoms with Gasteiger partial charge < -0.3 is 15.1 Å². The number of carbonyl (C=O) groups excluding carboxylic acids is 1. The van der Waals surface area contributed by atoms with E-state index in [4.69, 9.17) is 0 Å². The molecule has 41 heavy (non-hydrogen) atoms. The lowest BCUT2D eigenvalue weighted by molar-refractivity contribution is -0.376. The summed E-state index contributed by atoms with van der Waals surface area (Å²) in [4.78, 5) is 14.3. The Bertz CT molecular complexity index is 1360. The first-order valence-corrected chi connectivity index (χ1v) is 14.1. The van der Waals surface area contributed by atoms with Crippen molar-refractivity contribution in [2.24, 2.45) is 5.92 Å². The number of sulfonamides is 1. The number of likely N-dealkylation sites (tertiary alicyclic amines) is 1. The summed E-state index contributed by atoms with van der Waals surface area (Å²) in [6.45, 7) is 0.620. The third-order valence-electron chi connectivity index (χ3n) is 7.64. The van der Waals surface area contributed by atoms with E-state index in [1.165, 1.54) is 4.90 Å². The van der Waals surface area contributed by atoms with E-state index in [2.05, 4.69) is 0 Å². The molecule has 1 amide bonds. The molecule has 0 saturated carbocycles. The summed E-state index contributed by atoms with van der Waals surface area (Å²) in [6, 6.07) is 4.18. The molecule has 1 atom stereocenters. The summed E-state index contributed by atoms with van der Waals surface area (Å²) < 4.78 is 123. The summed E-state index contributed by atoms with van der Waals surface area (Å²) in [6.07, 6.45) is -11.8. The van der Waals surface area contributed by atoms with Crippen molar-refractivity contribution in [1.82, 2.24) is 4.90 Å². The normalized spacial score (nSPS) is 19.3. The molecule has 15 heteroatoms. The third kappa shape index (κ3) is 5.75. The average Bonchev–Trinajstić information content (AvgIpc) is 2.91. The van der Waals surface area contributed by atoms with Gasteiger partial charge in [-0.3, -0.25) is 9.10 Å². The van der Waals surface area contributed by atoms with E-state index >= 15 is 0 Å². The number of benzene rings is 2. The second-order valence-corrected chi connectivity index (χ2v) is 12.0. The van der Waals surface area contributed by atoms with Crippen LogP contribution in [0.25, 0.3) is 0 Å². The van der Waals surface area contributed by atoms with Crippen LogP contribution in [0.2, 0.25) is 0 Å². The van der Waals surface area contributed by atoms with Crippen LogP contribution in [0.5, 0.6) is 0 Å². The van der Waals surface area contributed by atoms with Gasteiger partial charge in [0.1, 0.15) is 5.82 Å². The smallest absolute Gasteiger partial charge is 0.396 e. The lowest BCUT2D eigenvalue weighted by atomic mass is 9.87. The number of hydrogen-bond acceptors (Lipinski definition) is 5. The Balaban J connectivity index is 1.76. The molecule has 0 aliphatic carbocycles. The SMILES string of the molecule is O=C(CC1CCc2cc(C(O)(C(F)(F)F)C(F)(F)F)ccc2N1S(=O)(=O)c1ccc(F)cc1)N1CCC(CO)CC1. The van der Waals surface area contributed by atoms with Crippen molar-refractivity contribution in [3.8, 4) is 0 Å². The maximum absolute atomic E-state index is 13.8. The predicted octanol–water partition coefficient (Wildman–Crippen LogP) is 4.27. The molecule has 0 radical (unpaired) electrons. The van der Waals surface area contributed by atoms with Crippen LogP contribution < -0.4 is 4.31 Å². The number of aliphatic hydroxyl groups is 2. The zero-order chi connectivity index (χ0) is 30.4. The van der Waals surface area contributed by atoms with E-state index in [-0.39, 0.29) is 43.0 Å². The largest absolute Gasteiger partial charge is 0.430 e. The Labute approximate surface area is 231 Å². The van der Waals surface area contributed by atoms with E-state index in [1.54, 1.807) is 0 Å². The Morgan fingerprint density at radius 3 is 2.05 bits per heavy atom. The summed E-state index contributed by atoms with van der Waals surface area (Å²) in [5, 5.41) is 19.2. The van der Waals surface area contributed by atoms with Crippen LogP contribution >= 0.6 is 0 Å². The predicted molar refractivity (Wildman–Crippen MR) is 132 cm³/mol. The van der Waals surface area contributed by atoms with Gasteiger partial charge in [0.15, 0.2) is 0 Å². The lowest BCUT2D eigenvalue weighted by Gasteiger charge is -2.40. The number of halogens is 7. The fraction of sp³-hybridized carbons (Fsp3) is 0.500. The Hall–Kier alpha value is -2.91. The van der Waals surface area contributed by atoms with E-state index < -0.39 is 56.2 Å². The molecule has 4 rings (SSSR count). The molecule has 226 valence electrons. The zero-order valence-electron chi connectivity index (χ0n) is 21.4. The standard InChI is InChI=1S/C26H27F7N2O5S/c27-19-3-6-21(7-4-19)41(39,40)35-20(14-23(37)34-11-9-16(15-36)10-12-34)5-1-17-13-18(2-8-22(17)35)24(38,25(28,29)30)26(31,32)33/h2-4,6-8,13,16,20,36,38H,1,5,9-12,14-15H2. The van der Waals surface area contributed by atoms with Gasteiger partial charge in [0.2, 0.25) is 5.91 Å². The minimum Gasteiger partial charge on any atom is -0.396 e. The highest BCUT2D eigenvalue weighted by Gasteiger charge is 2.71. The van der Waals surface area contributed by atoms with Crippen molar-refractivity contribution in [3.63, 3.8) is 0 Å². The number of rotatable bonds is 6. The molecule has 0 bridgehead atoms. The van der Waals surface area contributed by atoms with Crippen LogP contribution in [0.15, 0.2) is 47.4 Å². The average molecular weight is 613 g/mol. The molecule has 2 aliphatic heterocycles. The van der Waals surface area contributed by atoms with Crippen LogP contribution in [-0.2, 0) is 26.8 Å². The van der Waals surface area contributed by atoms with Crippen LogP contribution in [0, 0.1) is 11.7 Å². The molecule has 2 aliphatic rings. The lowest BCUT2D eigenvalue weighted by Crippen LogP contribution is -2.54. The van der Waals surface area contributed by atoms with E-state index in [0.29, 0.717) is 38.1 Å². The topological polar surface area (TPSA) is 98.2 Å². The van der Waals surface area contributed by atoms with Crippen LogP contribution in [-0.4, -0.2) is 67.5 Å². The van der Waals surface area contributed by atoms with Crippen molar-refractivity contribution >= 4 is 21.6 Å². The van der Waals surface area contributed by atoms with Gasteiger partial charge in [-0.2, -0.15) is 26.3 Å². The van der Waals surface area contributed by atoms with Crippen LogP contribution in [0.3, 0.4) is 0 Å². The van der Waals surface area contributed by atoms with Gasteiger partial charge in [-0.1, -0.05) is 12.1 Å². The van der Waals surface area contributed by atoms with E-state index in [9.17, 15) is 54.2 Å². The molecule has 1 fully saturated rings. The number of aryl methyl sites for hydroxylation is 1. The molecule has 7 nitrogen and oxygen atoms in total. The van der Waals surface area contributed by atoms with Crippen molar-refractivity contribution < 1.29 is 54.2 Å². The van der Waals surface area contributed by atoms with Crippen LogP contribution in [0.1, 0.15) is 36.8 Å². The number of aliphatic hydroxyl groups excluding tert-OH is 1. The third-order valence-corrected chi connectivity index (χ3v) is 9.52. The fourth-order valence-corrected chi connectivity index (χ4v) is 6.99. The minimum absolute atomic E-state index is 0.0252. The van der Waals surface area contributed by atoms with Gasteiger partial charge in [-0.25, -0.2) is 12.8 Å². The molecule has 2 aromatic carbocycles. The highest BCUT2D eigenvalue weighted by Crippen LogP contribution is 2.51. The monoisotopic (exact) mass is 612 g/mol. The quantitative estimate of drug-likeness (QED) is 0.475. The van der Waals surface area contributed by atoms with Gasteiger partial charge in [-0.05, 0) is 67.5 Å². The second-order valence-electron chi connectivity index (χ2n) is 10.2. The second kappa shape index (κ2) is 11.1. The minimum atomic E-state index is -6.13. The summed E-state index contributed by atoms with van der Waals surface area (Å²) in [5.74, 6) is -1.13. The fourth-order valence-electron chi connectivity index (χ4n) is 5.28. The molecular weight excluding hydrogens is 585 g/mol. The molecular formula is C26H27F7N2O5S. The number of alkyl halides is 6. The van der Waals surface area contributed by atoms with Gasteiger partial charge >= 0.3 is 12.4 Å². The molecule has 2 aromatic rings. The number of fused-ring (bicyclic) bond motifs is 1. The van der Waals surface area contributed by atoms with Crippen molar-refractivity contribution in [1.29, 1.82) is 0 Å². The highest BCUT2D eigenvalue weighted by molar-refractivity contribution is 7.92. The molecule has 1 unspecified atom stereocenters. The van der Waals surface area contributed by atoms with E-state index in [1.807, 2.05) is 0 Å². The Morgan fingerprint density at radius 2 is 1.51 bits per heavy atom. The molecule has 0 aromatic heterocycles.